The number of nitrogens with zero attached hydrogens (tertiary/aromatic N) is 3. The first-order valence-corrected chi connectivity index (χ1v) is 9.44. The minimum Gasteiger partial charge on any atom is -0.381 e. The van der Waals surface area contributed by atoms with E-state index in [-0.39, 0.29) is 11.5 Å². The first kappa shape index (κ1) is 17.3. The summed E-state index contributed by atoms with van der Waals surface area (Å²) in [5.41, 5.74) is 0.556. The van der Waals surface area contributed by atoms with Crippen molar-refractivity contribution in [3.8, 4) is 0 Å². The largest absolute Gasteiger partial charge is 0.381 e. The lowest BCUT2D eigenvalue weighted by molar-refractivity contribution is -0.0492. The first-order valence-electron chi connectivity index (χ1n) is 8.68. The molecule has 0 N–H and O–H groups in total. The maximum atomic E-state index is 12.8. The molecule has 2 aromatic rings. The number of halogens is 2. The number of likely N-dealkylation sites (tertiary alicyclic amines) is 1. The van der Waals surface area contributed by atoms with Crippen LogP contribution in [0.25, 0.3) is 10.9 Å². The average Bonchev–Trinajstić information content (AvgIpc) is 2.57. The van der Waals surface area contributed by atoms with Crippen LogP contribution in [0.15, 0.2) is 16.9 Å². The summed E-state index contributed by atoms with van der Waals surface area (Å²) in [6, 6.07) is 3.30. The summed E-state index contributed by atoms with van der Waals surface area (Å²) < 4.78 is 6.96. The van der Waals surface area contributed by atoms with Crippen molar-refractivity contribution in [3.63, 3.8) is 0 Å². The Morgan fingerprint density at radius 3 is 2.76 bits per heavy atom. The second-order valence-electron chi connectivity index (χ2n) is 7.12. The van der Waals surface area contributed by atoms with Crippen molar-refractivity contribution in [1.82, 2.24) is 14.5 Å². The van der Waals surface area contributed by atoms with Gasteiger partial charge in [-0.05, 0) is 31.5 Å². The fourth-order valence-corrected chi connectivity index (χ4v) is 4.16. The molecule has 5 nitrogen and oxygen atoms in total. The van der Waals surface area contributed by atoms with Crippen LogP contribution in [0.1, 0.15) is 24.6 Å². The number of rotatable bonds is 3. The van der Waals surface area contributed by atoms with Crippen molar-refractivity contribution in [1.29, 1.82) is 0 Å². The molecule has 0 unspecified atom stereocenters. The Kier molecular flexibility index (Phi) is 4.75. The van der Waals surface area contributed by atoms with Gasteiger partial charge in [0.1, 0.15) is 5.82 Å². The predicted octanol–water partition coefficient (Wildman–Crippen LogP) is 3.07. The lowest BCUT2D eigenvalue weighted by atomic mass is 9.95. The molecule has 0 amide bonds. The van der Waals surface area contributed by atoms with Crippen molar-refractivity contribution in [3.05, 3.63) is 38.4 Å². The Morgan fingerprint density at radius 1 is 1.28 bits per heavy atom. The van der Waals surface area contributed by atoms with Gasteiger partial charge in [-0.2, -0.15) is 0 Å². The number of hydrogen-bond donors (Lipinski definition) is 0. The van der Waals surface area contributed by atoms with E-state index in [1.54, 1.807) is 23.7 Å². The van der Waals surface area contributed by atoms with E-state index in [2.05, 4.69) is 4.90 Å². The first-order chi connectivity index (χ1) is 12.0. The van der Waals surface area contributed by atoms with Gasteiger partial charge in [-0.15, -0.1) is 0 Å². The summed E-state index contributed by atoms with van der Waals surface area (Å²) in [6.07, 6.45) is 2.16. The molecule has 134 valence electrons. The molecule has 1 aromatic heterocycles. The maximum Gasteiger partial charge on any atom is 0.261 e. The quantitative estimate of drug-likeness (QED) is 0.819. The van der Waals surface area contributed by atoms with E-state index in [0.29, 0.717) is 26.9 Å². The molecule has 0 spiro atoms. The summed E-state index contributed by atoms with van der Waals surface area (Å²) in [7, 11) is 1.80. The molecule has 2 fully saturated rings. The number of benzene rings is 1. The highest BCUT2D eigenvalue weighted by Gasteiger charge is 2.28. The minimum atomic E-state index is -0.0666. The number of aromatic nitrogens is 2. The van der Waals surface area contributed by atoms with Gasteiger partial charge in [-0.3, -0.25) is 9.36 Å². The molecule has 0 bridgehead atoms. The zero-order valence-electron chi connectivity index (χ0n) is 14.2. The lowest BCUT2D eigenvalue weighted by Gasteiger charge is -2.37. The maximum absolute atomic E-state index is 12.8. The Balaban J connectivity index is 1.66. The number of piperidine rings is 1. The van der Waals surface area contributed by atoms with E-state index in [0.717, 1.165) is 51.5 Å². The van der Waals surface area contributed by atoms with Gasteiger partial charge in [0.2, 0.25) is 0 Å². The molecule has 2 aliphatic rings. The van der Waals surface area contributed by atoms with E-state index in [1.807, 2.05) is 0 Å². The van der Waals surface area contributed by atoms with E-state index in [9.17, 15) is 4.79 Å². The van der Waals surface area contributed by atoms with Crippen LogP contribution in [0.5, 0.6) is 0 Å². The average molecular weight is 382 g/mol. The van der Waals surface area contributed by atoms with Crippen LogP contribution in [0.4, 0.5) is 0 Å². The van der Waals surface area contributed by atoms with Crippen LogP contribution in [0.2, 0.25) is 10.0 Å². The standard InChI is InChI=1S/C18H21Cl2N3O2/c1-22-17(12-3-2-4-23(8-12)7-11-9-25-10-11)21-16-6-15(20)14(19)5-13(16)18(22)24/h5-6,11-12H,2-4,7-10H2,1H3/t12-/m1/s1. The highest BCUT2D eigenvalue weighted by atomic mass is 35.5. The molecule has 2 saturated heterocycles. The van der Waals surface area contributed by atoms with Gasteiger partial charge >= 0.3 is 0 Å². The zero-order chi connectivity index (χ0) is 17.6. The molecule has 3 heterocycles. The second-order valence-corrected chi connectivity index (χ2v) is 7.93. The summed E-state index contributed by atoms with van der Waals surface area (Å²) in [5, 5.41) is 1.32. The molecule has 25 heavy (non-hydrogen) atoms. The molecular weight excluding hydrogens is 361 g/mol. The molecular formula is C18H21Cl2N3O2. The molecule has 7 heteroatoms. The van der Waals surface area contributed by atoms with Gasteiger partial charge < -0.3 is 9.64 Å². The zero-order valence-corrected chi connectivity index (χ0v) is 15.7. The van der Waals surface area contributed by atoms with Crippen molar-refractivity contribution in [2.75, 3.05) is 32.8 Å². The number of hydrogen-bond acceptors (Lipinski definition) is 4. The summed E-state index contributed by atoms with van der Waals surface area (Å²) in [4.78, 5) is 20.0. The van der Waals surface area contributed by atoms with Crippen molar-refractivity contribution < 1.29 is 4.74 Å². The fraction of sp³-hybridized carbons (Fsp3) is 0.556. The second kappa shape index (κ2) is 6.88. The third kappa shape index (κ3) is 3.31. The lowest BCUT2D eigenvalue weighted by Crippen LogP contribution is -2.44. The minimum absolute atomic E-state index is 0.0666. The van der Waals surface area contributed by atoms with Crippen LogP contribution < -0.4 is 5.56 Å². The van der Waals surface area contributed by atoms with Crippen molar-refractivity contribution >= 4 is 34.1 Å². The van der Waals surface area contributed by atoms with Crippen LogP contribution in [0, 0.1) is 5.92 Å². The van der Waals surface area contributed by atoms with Gasteiger partial charge in [-0.25, -0.2) is 4.98 Å². The molecule has 1 atom stereocenters. The third-order valence-corrected chi connectivity index (χ3v) is 5.97. The van der Waals surface area contributed by atoms with Gasteiger partial charge in [0.05, 0.1) is 34.2 Å². The Morgan fingerprint density at radius 2 is 2.04 bits per heavy atom. The number of fused-ring (bicyclic) bond motifs is 1. The highest BCUT2D eigenvalue weighted by molar-refractivity contribution is 6.42. The molecule has 0 radical (unpaired) electrons. The van der Waals surface area contributed by atoms with Crippen LogP contribution in [-0.2, 0) is 11.8 Å². The molecule has 4 rings (SSSR count). The number of ether oxygens (including phenoxy) is 1. The van der Waals surface area contributed by atoms with Gasteiger partial charge in [-0.1, -0.05) is 23.2 Å². The van der Waals surface area contributed by atoms with Crippen molar-refractivity contribution in [2.45, 2.75) is 18.8 Å². The SMILES string of the molecule is Cn1c([C@@H]2CCCN(CC3COC3)C2)nc2cc(Cl)c(Cl)cc2c1=O. The third-order valence-electron chi connectivity index (χ3n) is 5.25. The highest BCUT2D eigenvalue weighted by Crippen LogP contribution is 2.29. The predicted molar refractivity (Wildman–Crippen MR) is 99.7 cm³/mol. The van der Waals surface area contributed by atoms with Crippen LogP contribution in [0.3, 0.4) is 0 Å². The van der Waals surface area contributed by atoms with E-state index >= 15 is 0 Å². The van der Waals surface area contributed by atoms with Crippen LogP contribution >= 0.6 is 23.2 Å². The Labute approximate surface area is 156 Å². The fourth-order valence-electron chi connectivity index (χ4n) is 3.84. The molecule has 1 aromatic carbocycles. The monoisotopic (exact) mass is 381 g/mol. The van der Waals surface area contributed by atoms with E-state index in [1.165, 1.54) is 0 Å². The molecule has 0 saturated carbocycles. The molecule has 2 aliphatic heterocycles. The van der Waals surface area contributed by atoms with Crippen molar-refractivity contribution in [2.24, 2.45) is 13.0 Å². The van der Waals surface area contributed by atoms with E-state index < -0.39 is 0 Å². The normalized spacial score (nSPS) is 22.3. The van der Waals surface area contributed by atoms with E-state index in [4.69, 9.17) is 32.9 Å². The smallest absolute Gasteiger partial charge is 0.261 e. The summed E-state index contributed by atoms with van der Waals surface area (Å²) in [6.45, 7) is 4.85. The topological polar surface area (TPSA) is 47.4 Å². The van der Waals surface area contributed by atoms with Gasteiger partial charge in [0, 0.05) is 32.0 Å². The Bertz CT molecular complexity index is 864. The summed E-state index contributed by atoms with van der Waals surface area (Å²) in [5.74, 6) is 1.74. The molecule has 0 aliphatic carbocycles. The van der Waals surface area contributed by atoms with Gasteiger partial charge in [0.15, 0.2) is 0 Å². The Hall–Kier alpha value is -1.14. The van der Waals surface area contributed by atoms with Gasteiger partial charge in [0.25, 0.3) is 5.56 Å². The van der Waals surface area contributed by atoms with Crippen LogP contribution in [-0.4, -0.2) is 47.3 Å². The summed E-state index contributed by atoms with van der Waals surface area (Å²) >= 11 is 12.2.